The van der Waals surface area contributed by atoms with Crippen LogP contribution >= 0.6 is 11.3 Å². The Balaban J connectivity index is 1.43. The number of furan rings is 1. The van der Waals surface area contributed by atoms with Gasteiger partial charge in [-0.25, -0.2) is 4.99 Å². The lowest BCUT2D eigenvalue weighted by Crippen LogP contribution is -2.23. The van der Waals surface area contributed by atoms with Gasteiger partial charge in [-0.2, -0.15) is 0 Å². The number of benzene rings is 1. The molecule has 0 atom stereocenters. The Kier molecular flexibility index (Phi) is 6.44. The molecule has 0 unspecified atom stereocenters. The van der Waals surface area contributed by atoms with E-state index in [0.29, 0.717) is 34.1 Å². The first-order valence-corrected chi connectivity index (χ1v) is 12.4. The van der Waals surface area contributed by atoms with Crippen molar-refractivity contribution in [3.63, 3.8) is 0 Å². The van der Waals surface area contributed by atoms with E-state index >= 15 is 0 Å². The standard InChI is InChI=1S/C25H26N4O4S/c30-24(26-16-18-6-5-13-33-18)23-19-7-1-2-8-22(19)34-25(23)27-15-17-9-10-20(21(14-17)29(31)32)28-11-3-4-12-28/h5-6,9-10,13-15H,1-4,7-8,11-12,16H2,(H,26,30). The molecule has 1 amide bonds. The summed E-state index contributed by atoms with van der Waals surface area (Å²) in [5.41, 5.74) is 3.08. The predicted octanol–water partition coefficient (Wildman–Crippen LogP) is 5.41. The van der Waals surface area contributed by atoms with E-state index < -0.39 is 0 Å². The zero-order valence-corrected chi connectivity index (χ0v) is 19.6. The first kappa shape index (κ1) is 22.3. The van der Waals surface area contributed by atoms with Crippen LogP contribution in [0.5, 0.6) is 0 Å². The molecule has 1 saturated heterocycles. The molecule has 1 aromatic carbocycles. The molecule has 1 aliphatic carbocycles. The first-order chi connectivity index (χ1) is 16.6. The van der Waals surface area contributed by atoms with E-state index in [1.54, 1.807) is 42.0 Å². The molecule has 8 nitrogen and oxygen atoms in total. The highest BCUT2D eigenvalue weighted by atomic mass is 32.1. The van der Waals surface area contributed by atoms with Gasteiger partial charge < -0.3 is 14.6 Å². The Bertz CT molecular complexity index is 1230. The summed E-state index contributed by atoms with van der Waals surface area (Å²) in [6.07, 6.45) is 9.27. The molecule has 2 aliphatic rings. The number of nitro benzene ring substituents is 1. The van der Waals surface area contributed by atoms with Crippen LogP contribution in [0.2, 0.25) is 0 Å². The maximum Gasteiger partial charge on any atom is 0.293 e. The number of amides is 1. The minimum absolute atomic E-state index is 0.0905. The van der Waals surface area contributed by atoms with Crippen LogP contribution in [0.3, 0.4) is 0 Å². The normalized spacial score (nSPS) is 15.6. The van der Waals surface area contributed by atoms with Crippen molar-refractivity contribution < 1.29 is 14.1 Å². The number of fused-ring (bicyclic) bond motifs is 1. The predicted molar refractivity (Wildman–Crippen MR) is 133 cm³/mol. The lowest BCUT2D eigenvalue weighted by atomic mass is 9.95. The van der Waals surface area contributed by atoms with Crippen molar-refractivity contribution in [2.45, 2.75) is 45.1 Å². The molecule has 9 heteroatoms. The van der Waals surface area contributed by atoms with Crippen LogP contribution in [0.1, 0.15) is 57.8 Å². The third-order valence-corrected chi connectivity index (χ3v) is 7.56. The molecule has 1 N–H and O–H groups in total. The summed E-state index contributed by atoms with van der Waals surface area (Å²) in [4.78, 5) is 32.4. The third kappa shape index (κ3) is 4.61. The van der Waals surface area contributed by atoms with Crippen LogP contribution in [0.25, 0.3) is 0 Å². The fourth-order valence-corrected chi connectivity index (χ4v) is 5.90. The van der Waals surface area contributed by atoms with Gasteiger partial charge in [-0.1, -0.05) is 6.07 Å². The number of rotatable bonds is 7. The first-order valence-electron chi connectivity index (χ1n) is 11.6. The van der Waals surface area contributed by atoms with E-state index in [0.717, 1.165) is 57.2 Å². The smallest absolute Gasteiger partial charge is 0.293 e. The van der Waals surface area contributed by atoms with E-state index in [1.165, 1.54) is 4.88 Å². The summed E-state index contributed by atoms with van der Waals surface area (Å²) >= 11 is 1.54. The van der Waals surface area contributed by atoms with Gasteiger partial charge in [0.1, 0.15) is 16.4 Å². The van der Waals surface area contributed by atoms with Crippen molar-refractivity contribution in [2.24, 2.45) is 4.99 Å². The molecule has 3 heterocycles. The number of nitro groups is 1. The highest BCUT2D eigenvalue weighted by Crippen LogP contribution is 2.40. The van der Waals surface area contributed by atoms with Gasteiger partial charge in [0.2, 0.25) is 0 Å². The van der Waals surface area contributed by atoms with E-state index in [2.05, 4.69) is 15.2 Å². The molecule has 34 heavy (non-hydrogen) atoms. The molecule has 1 aliphatic heterocycles. The van der Waals surface area contributed by atoms with Crippen molar-refractivity contribution >= 4 is 39.8 Å². The van der Waals surface area contributed by atoms with E-state index in [-0.39, 0.29) is 16.5 Å². The number of anilines is 1. The zero-order valence-electron chi connectivity index (χ0n) is 18.8. The molecule has 2 aromatic heterocycles. The number of hydrogen-bond acceptors (Lipinski definition) is 7. The Hall–Kier alpha value is -3.46. The second-order valence-electron chi connectivity index (χ2n) is 8.61. The van der Waals surface area contributed by atoms with Gasteiger partial charge in [-0.3, -0.25) is 14.9 Å². The molecular formula is C25H26N4O4S. The van der Waals surface area contributed by atoms with Gasteiger partial charge in [0.15, 0.2) is 0 Å². The lowest BCUT2D eigenvalue weighted by Gasteiger charge is -2.17. The van der Waals surface area contributed by atoms with Crippen molar-refractivity contribution in [1.29, 1.82) is 0 Å². The van der Waals surface area contributed by atoms with Gasteiger partial charge in [0, 0.05) is 30.2 Å². The summed E-state index contributed by atoms with van der Waals surface area (Å²) in [5.74, 6) is 0.520. The number of carbonyl (C=O) groups is 1. The van der Waals surface area contributed by atoms with E-state index in [1.807, 2.05) is 12.1 Å². The van der Waals surface area contributed by atoms with Crippen LogP contribution in [0.15, 0.2) is 46.0 Å². The highest BCUT2D eigenvalue weighted by Gasteiger charge is 2.26. The number of aryl methyl sites for hydroxylation is 1. The fraction of sp³-hybridized carbons (Fsp3) is 0.360. The Morgan fingerprint density at radius 2 is 2.03 bits per heavy atom. The quantitative estimate of drug-likeness (QED) is 0.278. The molecule has 0 spiro atoms. The monoisotopic (exact) mass is 478 g/mol. The molecule has 176 valence electrons. The van der Waals surface area contributed by atoms with Crippen molar-refractivity contribution in [3.05, 3.63) is 74.0 Å². The highest BCUT2D eigenvalue weighted by molar-refractivity contribution is 7.16. The minimum Gasteiger partial charge on any atom is -0.467 e. The van der Waals surface area contributed by atoms with Gasteiger partial charge in [0.25, 0.3) is 11.6 Å². The van der Waals surface area contributed by atoms with Crippen LogP contribution in [-0.4, -0.2) is 30.1 Å². The number of nitrogens with one attached hydrogen (secondary N) is 1. The summed E-state index contributed by atoms with van der Waals surface area (Å²) in [6, 6.07) is 8.84. The molecule has 0 saturated carbocycles. The largest absolute Gasteiger partial charge is 0.467 e. The second-order valence-corrected chi connectivity index (χ2v) is 9.69. The molecule has 0 radical (unpaired) electrons. The molecule has 5 rings (SSSR count). The van der Waals surface area contributed by atoms with E-state index in [4.69, 9.17) is 4.42 Å². The van der Waals surface area contributed by atoms with Gasteiger partial charge in [0.05, 0.1) is 23.3 Å². The lowest BCUT2D eigenvalue weighted by molar-refractivity contribution is -0.384. The number of nitrogens with zero attached hydrogens (tertiary/aromatic N) is 3. The molecule has 1 fully saturated rings. The fourth-order valence-electron chi connectivity index (χ4n) is 4.67. The van der Waals surface area contributed by atoms with Crippen LogP contribution in [-0.2, 0) is 19.4 Å². The van der Waals surface area contributed by atoms with Gasteiger partial charge >= 0.3 is 0 Å². The average Bonchev–Trinajstić information content (AvgIpc) is 3.62. The Morgan fingerprint density at radius 1 is 1.21 bits per heavy atom. The summed E-state index contributed by atoms with van der Waals surface area (Å²) < 4.78 is 5.33. The maximum absolute atomic E-state index is 13.1. The average molecular weight is 479 g/mol. The Morgan fingerprint density at radius 3 is 2.79 bits per heavy atom. The molecular weight excluding hydrogens is 452 g/mol. The van der Waals surface area contributed by atoms with Crippen molar-refractivity contribution in [3.8, 4) is 0 Å². The van der Waals surface area contributed by atoms with Crippen LogP contribution in [0, 0.1) is 10.1 Å². The van der Waals surface area contributed by atoms with Crippen LogP contribution in [0.4, 0.5) is 16.4 Å². The zero-order chi connectivity index (χ0) is 23.5. The SMILES string of the molecule is O=C(NCc1ccco1)c1c(N=Cc2ccc(N3CCCC3)c([N+](=O)[O-])c2)sc2c1CCCC2. The molecule has 3 aromatic rings. The summed E-state index contributed by atoms with van der Waals surface area (Å²) in [5, 5.41) is 15.3. The number of hydrogen-bond donors (Lipinski definition) is 1. The minimum atomic E-state index is -0.331. The third-order valence-electron chi connectivity index (χ3n) is 6.36. The second kappa shape index (κ2) is 9.80. The van der Waals surface area contributed by atoms with Gasteiger partial charge in [-0.05, 0) is 67.9 Å². The van der Waals surface area contributed by atoms with Crippen LogP contribution < -0.4 is 10.2 Å². The topological polar surface area (TPSA) is 101 Å². The van der Waals surface area contributed by atoms with Gasteiger partial charge in [-0.15, -0.1) is 11.3 Å². The number of carbonyl (C=O) groups excluding carboxylic acids is 1. The number of thiophene rings is 1. The maximum atomic E-state index is 13.1. The van der Waals surface area contributed by atoms with Crippen molar-refractivity contribution in [1.82, 2.24) is 5.32 Å². The summed E-state index contributed by atoms with van der Waals surface area (Å²) in [6.45, 7) is 1.99. The molecule has 0 bridgehead atoms. The summed E-state index contributed by atoms with van der Waals surface area (Å²) in [7, 11) is 0. The number of aliphatic imine (C=N–C) groups is 1. The Labute approximate surface area is 201 Å². The van der Waals surface area contributed by atoms with Crippen molar-refractivity contribution in [2.75, 3.05) is 18.0 Å². The van der Waals surface area contributed by atoms with E-state index in [9.17, 15) is 14.9 Å².